The minimum Gasteiger partial charge on any atom is -0.370 e. The third kappa shape index (κ3) is 5.53. The second-order valence-electron chi connectivity index (χ2n) is 4.48. The monoisotopic (exact) mass is 242 g/mol. The van der Waals surface area contributed by atoms with E-state index < -0.39 is 0 Å². The normalized spacial score (nSPS) is 17.1. The lowest BCUT2D eigenvalue weighted by Gasteiger charge is -2.31. The largest absolute Gasteiger partial charge is 0.370 e. The molecule has 1 aliphatic rings. The maximum Gasteiger partial charge on any atom is 0.314 e. The molecular formula is C11H22N4O2. The van der Waals surface area contributed by atoms with Crippen LogP contribution in [0, 0.1) is 0 Å². The molecule has 0 aromatic carbocycles. The molecule has 1 rings (SSSR count). The number of amides is 3. The molecule has 0 aromatic rings. The zero-order valence-electron chi connectivity index (χ0n) is 10.2. The number of primary amides is 2. The van der Waals surface area contributed by atoms with Crippen LogP contribution in [0.4, 0.5) is 4.79 Å². The molecule has 0 radical (unpaired) electrons. The Bertz CT molecular complexity index is 262. The van der Waals surface area contributed by atoms with Crippen molar-refractivity contribution in [2.75, 3.05) is 19.6 Å². The Hall–Kier alpha value is -1.30. The van der Waals surface area contributed by atoms with Crippen LogP contribution in [0.3, 0.4) is 0 Å². The molecule has 3 amide bonds. The van der Waals surface area contributed by atoms with Crippen molar-refractivity contribution in [1.29, 1.82) is 0 Å². The highest BCUT2D eigenvalue weighted by Crippen LogP contribution is 2.09. The van der Waals surface area contributed by atoms with Crippen LogP contribution in [0.25, 0.3) is 0 Å². The first-order chi connectivity index (χ1) is 8.09. The molecule has 1 aliphatic heterocycles. The van der Waals surface area contributed by atoms with Gasteiger partial charge in [-0.25, -0.2) is 4.79 Å². The number of carbonyl (C=O) groups excluding carboxylic acids is 2. The fourth-order valence-corrected chi connectivity index (χ4v) is 2.03. The summed E-state index contributed by atoms with van der Waals surface area (Å²) in [7, 11) is 0. The molecule has 1 fully saturated rings. The standard InChI is InChI=1S/C11H22N4O2/c12-10(16)3-1-2-6-14-9-4-7-15(8-5-9)11(13)17/h9,14H,1-8H2,(H2,12,16)(H2,13,17). The molecule has 1 saturated heterocycles. The smallest absolute Gasteiger partial charge is 0.314 e. The van der Waals surface area contributed by atoms with Crippen LogP contribution >= 0.6 is 0 Å². The first-order valence-electron chi connectivity index (χ1n) is 6.15. The van der Waals surface area contributed by atoms with E-state index in [4.69, 9.17) is 11.5 Å². The van der Waals surface area contributed by atoms with E-state index >= 15 is 0 Å². The number of carbonyl (C=O) groups is 2. The summed E-state index contributed by atoms with van der Waals surface area (Å²) in [6.45, 7) is 2.36. The summed E-state index contributed by atoms with van der Waals surface area (Å²) in [4.78, 5) is 23.1. The summed E-state index contributed by atoms with van der Waals surface area (Å²) in [5.41, 5.74) is 10.3. The van der Waals surface area contributed by atoms with Crippen LogP contribution in [-0.4, -0.2) is 42.5 Å². The maximum atomic E-state index is 10.9. The Morgan fingerprint density at radius 2 is 1.82 bits per heavy atom. The van der Waals surface area contributed by atoms with Crippen molar-refractivity contribution in [2.45, 2.75) is 38.1 Å². The molecule has 0 spiro atoms. The van der Waals surface area contributed by atoms with E-state index in [0.717, 1.165) is 45.3 Å². The highest BCUT2D eigenvalue weighted by Gasteiger charge is 2.20. The first kappa shape index (κ1) is 13.8. The highest BCUT2D eigenvalue weighted by atomic mass is 16.2. The summed E-state index contributed by atoms with van der Waals surface area (Å²) in [5, 5.41) is 3.42. The number of nitrogens with one attached hydrogen (secondary N) is 1. The van der Waals surface area contributed by atoms with Crippen LogP contribution in [-0.2, 0) is 4.79 Å². The van der Waals surface area contributed by atoms with Gasteiger partial charge in [-0.3, -0.25) is 4.79 Å². The maximum absolute atomic E-state index is 10.9. The molecule has 0 atom stereocenters. The van der Waals surface area contributed by atoms with E-state index in [2.05, 4.69) is 5.32 Å². The summed E-state index contributed by atoms with van der Waals surface area (Å²) in [6, 6.07) is 0.129. The lowest BCUT2D eigenvalue weighted by molar-refractivity contribution is -0.118. The average molecular weight is 242 g/mol. The minimum absolute atomic E-state index is 0.236. The second kappa shape index (κ2) is 7.11. The number of nitrogens with zero attached hydrogens (tertiary/aromatic N) is 1. The Morgan fingerprint density at radius 1 is 1.18 bits per heavy atom. The number of unbranched alkanes of at least 4 members (excludes halogenated alkanes) is 1. The van der Waals surface area contributed by atoms with Gasteiger partial charge in [-0.15, -0.1) is 0 Å². The Labute approximate surface area is 102 Å². The fraction of sp³-hybridized carbons (Fsp3) is 0.818. The van der Waals surface area contributed by atoms with E-state index in [-0.39, 0.29) is 11.9 Å². The molecule has 6 heteroatoms. The topological polar surface area (TPSA) is 101 Å². The quantitative estimate of drug-likeness (QED) is 0.561. The summed E-state index contributed by atoms with van der Waals surface area (Å²) >= 11 is 0. The molecule has 6 nitrogen and oxygen atoms in total. The van der Waals surface area contributed by atoms with Crippen molar-refractivity contribution in [3.8, 4) is 0 Å². The SMILES string of the molecule is NC(=O)CCCCNC1CCN(C(N)=O)CC1. The van der Waals surface area contributed by atoms with Gasteiger partial charge in [0.15, 0.2) is 0 Å². The van der Waals surface area contributed by atoms with Crippen molar-refractivity contribution >= 4 is 11.9 Å². The van der Waals surface area contributed by atoms with E-state index in [1.54, 1.807) is 4.90 Å². The average Bonchev–Trinajstić information content (AvgIpc) is 2.29. The number of urea groups is 1. The van der Waals surface area contributed by atoms with Gasteiger partial charge in [0.2, 0.25) is 5.91 Å². The van der Waals surface area contributed by atoms with Crippen molar-refractivity contribution in [1.82, 2.24) is 10.2 Å². The predicted molar refractivity (Wildman–Crippen MR) is 65.2 cm³/mol. The van der Waals surface area contributed by atoms with Gasteiger partial charge >= 0.3 is 6.03 Å². The van der Waals surface area contributed by atoms with Gasteiger partial charge in [0.05, 0.1) is 0 Å². The second-order valence-corrected chi connectivity index (χ2v) is 4.48. The molecular weight excluding hydrogens is 220 g/mol. The molecule has 17 heavy (non-hydrogen) atoms. The zero-order valence-corrected chi connectivity index (χ0v) is 10.2. The van der Waals surface area contributed by atoms with Gasteiger partial charge in [-0.2, -0.15) is 0 Å². The van der Waals surface area contributed by atoms with Crippen molar-refractivity contribution in [3.05, 3.63) is 0 Å². The van der Waals surface area contributed by atoms with Gasteiger partial charge < -0.3 is 21.7 Å². The summed E-state index contributed by atoms with van der Waals surface area (Å²) < 4.78 is 0. The third-order valence-electron chi connectivity index (χ3n) is 3.09. The fourth-order valence-electron chi connectivity index (χ4n) is 2.03. The van der Waals surface area contributed by atoms with Gasteiger partial charge in [0.1, 0.15) is 0 Å². The Morgan fingerprint density at radius 3 is 2.35 bits per heavy atom. The number of hydrogen-bond acceptors (Lipinski definition) is 3. The molecule has 0 saturated carbocycles. The number of piperidine rings is 1. The first-order valence-corrected chi connectivity index (χ1v) is 6.15. The molecule has 1 heterocycles. The Balaban J connectivity index is 2.02. The van der Waals surface area contributed by atoms with Crippen LogP contribution in [0.5, 0.6) is 0 Å². The number of rotatable bonds is 6. The molecule has 0 aromatic heterocycles. The predicted octanol–water partition coefficient (Wildman–Crippen LogP) is -0.225. The van der Waals surface area contributed by atoms with Crippen LogP contribution < -0.4 is 16.8 Å². The van der Waals surface area contributed by atoms with Gasteiger partial charge in [-0.05, 0) is 32.2 Å². The lowest BCUT2D eigenvalue weighted by atomic mass is 10.1. The van der Waals surface area contributed by atoms with Gasteiger partial charge in [-0.1, -0.05) is 0 Å². The van der Waals surface area contributed by atoms with E-state index in [0.29, 0.717) is 12.5 Å². The van der Waals surface area contributed by atoms with E-state index in [1.807, 2.05) is 0 Å². The molecule has 98 valence electrons. The molecule has 0 aliphatic carbocycles. The molecule has 5 N–H and O–H groups in total. The third-order valence-corrected chi connectivity index (χ3v) is 3.09. The van der Waals surface area contributed by atoms with Crippen molar-refractivity contribution in [3.63, 3.8) is 0 Å². The number of hydrogen-bond donors (Lipinski definition) is 3. The van der Waals surface area contributed by atoms with E-state index in [9.17, 15) is 9.59 Å². The molecule has 0 unspecified atom stereocenters. The van der Waals surface area contributed by atoms with Crippen LogP contribution in [0.1, 0.15) is 32.1 Å². The lowest BCUT2D eigenvalue weighted by Crippen LogP contribution is -2.46. The van der Waals surface area contributed by atoms with E-state index in [1.165, 1.54) is 0 Å². The number of nitrogens with two attached hydrogens (primary N) is 2. The summed E-state index contributed by atoms with van der Waals surface area (Å²) in [6.07, 6.45) is 4.14. The van der Waals surface area contributed by atoms with Crippen LogP contribution in [0.15, 0.2) is 0 Å². The van der Waals surface area contributed by atoms with Gasteiger partial charge in [0.25, 0.3) is 0 Å². The van der Waals surface area contributed by atoms with Crippen molar-refractivity contribution in [2.24, 2.45) is 11.5 Å². The summed E-state index contributed by atoms with van der Waals surface area (Å²) in [5.74, 6) is -0.236. The zero-order chi connectivity index (χ0) is 12.7. The Kier molecular flexibility index (Phi) is 5.76. The minimum atomic E-state index is -0.329. The van der Waals surface area contributed by atoms with Gasteiger partial charge in [0, 0.05) is 25.6 Å². The number of likely N-dealkylation sites (tertiary alicyclic amines) is 1. The van der Waals surface area contributed by atoms with Crippen molar-refractivity contribution < 1.29 is 9.59 Å². The molecule has 0 bridgehead atoms. The van der Waals surface area contributed by atoms with Crippen LogP contribution in [0.2, 0.25) is 0 Å². The highest BCUT2D eigenvalue weighted by molar-refractivity contribution is 5.73.